The van der Waals surface area contributed by atoms with Crippen LogP contribution in [0.25, 0.3) is 0 Å². The van der Waals surface area contributed by atoms with E-state index >= 15 is 0 Å². The standard InChI is InChI=1S/C19H18F3N5O2S2/c1-10-11(2)31-15(14(10)16(28)29-3)24-18(30)25-17-23-9-27(26-17)8-12-5-4-6-13(7-12)19(20,21)22/h4-7,9H,8H2,1-3H3,(H2,24,25,26,30). The monoisotopic (exact) mass is 469 g/mol. The molecule has 0 amide bonds. The third-order valence-corrected chi connectivity index (χ3v) is 5.69. The van der Waals surface area contributed by atoms with Crippen molar-refractivity contribution in [3.63, 3.8) is 0 Å². The van der Waals surface area contributed by atoms with Gasteiger partial charge < -0.3 is 10.1 Å². The van der Waals surface area contributed by atoms with Crippen molar-refractivity contribution in [2.45, 2.75) is 26.6 Å². The normalized spacial score (nSPS) is 11.3. The summed E-state index contributed by atoms with van der Waals surface area (Å²) in [6, 6.07) is 5.00. The van der Waals surface area contributed by atoms with E-state index in [1.807, 2.05) is 13.8 Å². The molecule has 3 aromatic rings. The quantitative estimate of drug-likeness (QED) is 0.417. The number of thiophene rings is 1. The SMILES string of the molecule is COC(=O)c1c(NC(=S)Nc2ncn(Cc3cccc(C(F)(F)F)c3)n2)sc(C)c1C. The van der Waals surface area contributed by atoms with Gasteiger partial charge in [-0.15, -0.1) is 16.4 Å². The van der Waals surface area contributed by atoms with E-state index in [1.165, 1.54) is 35.5 Å². The van der Waals surface area contributed by atoms with Gasteiger partial charge in [0.2, 0.25) is 5.95 Å². The molecule has 0 aliphatic carbocycles. The number of methoxy groups -OCH3 is 1. The largest absolute Gasteiger partial charge is 0.465 e. The molecule has 7 nitrogen and oxygen atoms in total. The number of anilines is 2. The number of nitrogens with zero attached hydrogens (tertiary/aromatic N) is 3. The second-order valence-corrected chi connectivity index (χ2v) is 8.15. The number of nitrogens with one attached hydrogen (secondary N) is 2. The third-order valence-electron chi connectivity index (χ3n) is 4.36. The van der Waals surface area contributed by atoms with Crippen molar-refractivity contribution in [2.24, 2.45) is 0 Å². The average molecular weight is 470 g/mol. The van der Waals surface area contributed by atoms with Crippen molar-refractivity contribution in [1.82, 2.24) is 14.8 Å². The molecule has 0 radical (unpaired) electrons. The minimum Gasteiger partial charge on any atom is -0.465 e. The lowest BCUT2D eigenvalue weighted by Crippen LogP contribution is -2.21. The third kappa shape index (κ3) is 5.39. The van der Waals surface area contributed by atoms with Gasteiger partial charge in [-0.2, -0.15) is 13.2 Å². The number of aryl methyl sites for hydroxylation is 1. The van der Waals surface area contributed by atoms with Crippen molar-refractivity contribution in [1.29, 1.82) is 0 Å². The molecule has 1 aromatic carbocycles. The summed E-state index contributed by atoms with van der Waals surface area (Å²) < 4.78 is 44.8. The molecule has 164 valence electrons. The van der Waals surface area contributed by atoms with E-state index in [0.717, 1.165) is 22.6 Å². The number of hydrogen-bond donors (Lipinski definition) is 2. The van der Waals surface area contributed by atoms with Crippen LogP contribution in [-0.4, -0.2) is 33.0 Å². The van der Waals surface area contributed by atoms with E-state index < -0.39 is 17.7 Å². The highest BCUT2D eigenvalue weighted by Crippen LogP contribution is 2.33. The summed E-state index contributed by atoms with van der Waals surface area (Å²) in [6.07, 6.45) is -3.03. The van der Waals surface area contributed by atoms with E-state index in [9.17, 15) is 18.0 Å². The van der Waals surface area contributed by atoms with Crippen molar-refractivity contribution in [2.75, 3.05) is 17.7 Å². The van der Waals surface area contributed by atoms with Crippen LogP contribution in [0.4, 0.5) is 24.1 Å². The molecule has 0 aliphatic rings. The Hall–Kier alpha value is -2.99. The van der Waals surface area contributed by atoms with Gasteiger partial charge in [-0.05, 0) is 49.3 Å². The zero-order valence-corrected chi connectivity index (χ0v) is 18.3. The van der Waals surface area contributed by atoms with Gasteiger partial charge in [0.25, 0.3) is 0 Å². The minimum absolute atomic E-state index is 0.106. The van der Waals surface area contributed by atoms with Gasteiger partial charge in [-0.3, -0.25) is 5.32 Å². The number of ether oxygens (including phenoxy) is 1. The lowest BCUT2D eigenvalue weighted by molar-refractivity contribution is -0.137. The Morgan fingerprint density at radius 1 is 1.29 bits per heavy atom. The molecular weight excluding hydrogens is 451 g/mol. The zero-order chi connectivity index (χ0) is 22.8. The molecule has 2 aromatic heterocycles. The summed E-state index contributed by atoms with van der Waals surface area (Å²) in [5.74, 6) is -0.315. The van der Waals surface area contributed by atoms with Crippen LogP contribution in [0, 0.1) is 13.8 Å². The van der Waals surface area contributed by atoms with Crippen LogP contribution in [0.5, 0.6) is 0 Å². The molecule has 12 heteroatoms. The minimum atomic E-state index is -4.41. The van der Waals surface area contributed by atoms with Crippen molar-refractivity contribution in [3.05, 3.63) is 57.7 Å². The fraction of sp³-hybridized carbons (Fsp3) is 0.263. The Bertz CT molecular complexity index is 1120. The Labute approximate surface area is 185 Å². The van der Waals surface area contributed by atoms with Crippen LogP contribution < -0.4 is 10.6 Å². The topological polar surface area (TPSA) is 81.1 Å². The van der Waals surface area contributed by atoms with Crippen LogP contribution in [0.15, 0.2) is 30.6 Å². The first kappa shape index (κ1) is 22.7. The highest BCUT2D eigenvalue weighted by molar-refractivity contribution is 7.80. The smallest absolute Gasteiger partial charge is 0.416 e. The first-order chi connectivity index (χ1) is 14.6. The van der Waals surface area contributed by atoms with Gasteiger partial charge in [0.1, 0.15) is 11.3 Å². The summed E-state index contributed by atoms with van der Waals surface area (Å²) in [5.41, 5.74) is 0.902. The van der Waals surface area contributed by atoms with Crippen LogP contribution in [0.3, 0.4) is 0 Å². The molecule has 0 spiro atoms. The molecule has 0 saturated heterocycles. The molecular formula is C19H18F3N5O2S2. The summed E-state index contributed by atoms with van der Waals surface area (Å²) in [6.45, 7) is 3.80. The summed E-state index contributed by atoms with van der Waals surface area (Å²) in [4.78, 5) is 17.1. The molecule has 0 fully saturated rings. The molecule has 0 unspecified atom stereocenters. The Balaban J connectivity index is 1.68. The van der Waals surface area contributed by atoms with E-state index in [0.29, 0.717) is 16.1 Å². The van der Waals surface area contributed by atoms with Gasteiger partial charge in [0, 0.05) is 4.88 Å². The Morgan fingerprint density at radius 3 is 2.71 bits per heavy atom. The fourth-order valence-corrected chi connectivity index (χ4v) is 4.07. The first-order valence-electron chi connectivity index (χ1n) is 8.90. The van der Waals surface area contributed by atoms with Crippen LogP contribution in [-0.2, 0) is 17.5 Å². The van der Waals surface area contributed by atoms with Crippen molar-refractivity contribution >= 4 is 45.6 Å². The number of aromatic nitrogens is 3. The van der Waals surface area contributed by atoms with Crippen LogP contribution >= 0.6 is 23.6 Å². The van der Waals surface area contributed by atoms with E-state index in [2.05, 4.69) is 20.7 Å². The number of alkyl halides is 3. The molecule has 0 bridgehead atoms. The van der Waals surface area contributed by atoms with Gasteiger partial charge in [-0.1, -0.05) is 12.1 Å². The number of carbonyl (C=O) groups excluding carboxylic acids is 1. The molecule has 0 saturated carbocycles. The summed E-state index contributed by atoms with van der Waals surface area (Å²) in [7, 11) is 1.30. The predicted octanol–water partition coefficient (Wildman–Crippen LogP) is 4.62. The zero-order valence-electron chi connectivity index (χ0n) is 16.7. The lowest BCUT2D eigenvalue weighted by Gasteiger charge is -2.09. The average Bonchev–Trinajstić information content (AvgIpc) is 3.24. The maximum absolute atomic E-state index is 12.9. The molecule has 31 heavy (non-hydrogen) atoms. The number of carbonyl (C=O) groups is 1. The molecule has 3 rings (SSSR count). The fourth-order valence-electron chi connectivity index (χ4n) is 2.76. The Morgan fingerprint density at radius 2 is 2.03 bits per heavy atom. The van der Waals surface area contributed by atoms with E-state index in [-0.39, 0.29) is 17.6 Å². The molecule has 0 aliphatic heterocycles. The van der Waals surface area contributed by atoms with Crippen LogP contribution in [0.2, 0.25) is 0 Å². The number of esters is 1. The number of rotatable bonds is 5. The summed E-state index contributed by atoms with van der Waals surface area (Å²) in [5, 5.41) is 10.6. The molecule has 2 N–H and O–H groups in total. The molecule has 2 heterocycles. The van der Waals surface area contributed by atoms with Gasteiger partial charge in [0.05, 0.1) is 24.8 Å². The van der Waals surface area contributed by atoms with Gasteiger partial charge in [-0.25, -0.2) is 14.5 Å². The highest BCUT2D eigenvalue weighted by atomic mass is 32.1. The second-order valence-electron chi connectivity index (χ2n) is 6.52. The maximum atomic E-state index is 12.9. The molecule has 0 atom stereocenters. The highest BCUT2D eigenvalue weighted by Gasteiger charge is 2.30. The Kier molecular flexibility index (Phi) is 6.60. The maximum Gasteiger partial charge on any atom is 0.416 e. The number of thiocarbonyl (C=S) groups is 1. The van der Waals surface area contributed by atoms with E-state index in [4.69, 9.17) is 17.0 Å². The van der Waals surface area contributed by atoms with Crippen molar-refractivity contribution < 1.29 is 22.7 Å². The van der Waals surface area contributed by atoms with Gasteiger partial charge >= 0.3 is 12.1 Å². The number of benzene rings is 1. The predicted molar refractivity (Wildman–Crippen MR) is 116 cm³/mol. The number of halogens is 3. The van der Waals surface area contributed by atoms with Crippen molar-refractivity contribution in [3.8, 4) is 0 Å². The summed E-state index contributed by atoms with van der Waals surface area (Å²) >= 11 is 6.62. The second kappa shape index (κ2) is 9.02. The van der Waals surface area contributed by atoms with Gasteiger partial charge in [0.15, 0.2) is 5.11 Å². The van der Waals surface area contributed by atoms with Crippen LogP contribution in [0.1, 0.15) is 31.9 Å². The number of hydrogen-bond acceptors (Lipinski definition) is 6. The lowest BCUT2D eigenvalue weighted by atomic mass is 10.1. The first-order valence-corrected chi connectivity index (χ1v) is 10.1. The van der Waals surface area contributed by atoms with E-state index in [1.54, 1.807) is 6.07 Å².